The molecule has 1 aromatic heterocycles. The number of halogens is 1. The van der Waals surface area contributed by atoms with Gasteiger partial charge in [-0.15, -0.1) is 0 Å². The van der Waals surface area contributed by atoms with Gasteiger partial charge in [0.1, 0.15) is 5.82 Å². The van der Waals surface area contributed by atoms with Gasteiger partial charge in [-0.25, -0.2) is 4.68 Å². The van der Waals surface area contributed by atoms with Crippen LogP contribution in [0.2, 0.25) is 5.02 Å². The lowest BCUT2D eigenvalue weighted by Gasteiger charge is -2.15. The third-order valence-corrected chi connectivity index (χ3v) is 5.06. The van der Waals surface area contributed by atoms with Gasteiger partial charge in [0, 0.05) is 30.6 Å². The molecule has 1 N–H and O–H groups in total. The number of para-hydroxylation sites is 1. The summed E-state index contributed by atoms with van der Waals surface area (Å²) in [6.45, 7) is 0.429. The molecule has 0 aliphatic heterocycles. The fraction of sp³-hybridized carbons (Fsp3) is 0.227. The number of anilines is 1. The Labute approximate surface area is 174 Å². The van der Waals surface area contributed by atoms with Gasteiger partial charge in [-0.05, 0) is 42.7 Å². The molecule has 1 aliphatic rings. The van der Waals surface area contributed by atoms with E-state index in [4.69, 9.17) is 11.6 Å². The molecule has 2 aromatic carbocycles. The molecular weight excluding hydrogens is 388 g/mol. The van der Waals surface area contributed by atoms with Crippen molar-refractivity contribution >= 4 is 29.2 Å². The van der Waals surface area contributed by atoms with Crippen LogP contribution in [0.1, 0.15) is 28.9 Å². The van der Waals surface area contributed by atoms with Gasteiger partial charge >= 0.3 is 0 Å². The Bertz CT molecular complexity index is 1030. The first-order valence-electron chi connectivity index (χ1n) is 9.47. The van der Waals surface area contributed by atoms with Crippen LogP contribution in [0.3, 0.4) is 0 Å². The highest BCUT2D eigenvalue weighted by Crippen LogP contribution is 2.30. The maximum Gasteiger partial charge on any atom is 0.274 e. The largest absolute Gasteiger partial charge is 0.336 e. The second-order valence-electron chi connectivity index (χ2n) is 7.21. The Kier molecular flexibility index (Phi) is 5.36. The summed E-state index contributed by atoms with van der Waals surface area (Å²) in [7, 11) is 1.72. The minimum absolute atomic E-state index is 0.0319. The van der Waals surface area contributed by atoms with Gasteiger partial charge in [-0.3, -0.25) is 9.59 Å². The number of nitrogens with one attached hydrogen (secondary N) is 1. The van der Waals surface area contributed by atoms with E-state index in [0.29, 0.717) is 17.4 Å². The summed E-state index contributed by atoms with van der Waals surface area (Å²) in [4.78, 5) is 26.8. The van der Waals surface area contributed by atoms with Crippen LogP contribution in [0.5, 0.6) is 0 Å². The van der Waals surface area contributed by atoms with Crippen LogP contribution in [0, 0.1) is 5.92 Å². The number of nitrogens with zero attached hydrogens (tertiary/aromatic N) is 3. The number of hydrogen-bond acceptors (Lipinski definition) is 3. The monoisotopic (exact) mass is 408 g/mol. The number of hydrogen-bond donors (Lipinski definition) is 1. The summed E-state index contributed by atoms with van der Waals surface area (Å²) in [5.41, 5.74) is 2.02. The molecule has 1 fully saturated rings. The highest BCUT2D eigenvalue weighted by molar-refractivity contribution is 6.30. The summed E-state index contributed by atoms with van der Waals surface area (Å²) >= 11 is 5.93. The molecule has 4 rings (SSSR count). The van der Waals surface area contributed by atoms with Gasteiger partial charge in [-0.1, -0.05) is 41.9 Å². The Balaban J connectivity index is 1.58. The van der Waals surface area contributed by atoms with Crippen molar-refractivity contribution in [1.29, 1.82) is 0 Å². The molecular formula is C22H21ClN4O2. The van der Waals surface area contributed by atoms with Gasteiger partial charge in [0.2, 0.25) is 5.91 Å². The van der Waals surface area contributed by atoms with Gasteiger partial charge in [-0.2, -0.15) is 5.10 Å². The smallest absolute Gasteiger partial charge is 0.274 e. The van der Waals surface area contributed by atoms with Crippen molar-refractivity contribution in [2.75, 3.05) is 12.4 Å². The first-order valence-corrected chi connectivity index (χ1v) is 9.85. The Morgan fingerprint density at radius 2 is 1.83 bits per heavy atom. The maximum atomic E-state index is 13.0. The zero-order valence-corrected chi connectivity index (χ0v) is 16.8. The van der Waals surface area contributed by atoms with E-state index >= 15 is 0 Å². The Hall–Kier alpha value is -3.12. The molecule has 0 atom stereocenters. The molecule has 0 unspecified atom stereocenters. The summed E-state index contributed by atoms with van der Waals surface area (Å²) < 4.78 is 1.60. The lowest BCUT2D eigenvalue weighted by Crippen LogP contribution is -2.26. The number of carbonyl (C=O) groups excluding carboxylic acids is 2. The lowest BCUT2D eigenvalue weighted by molar-refractivity contribution is -0.117. The molecule has 2 amide bonds. The number of benzene rings is 2. The van der Waals surface area contributed by atoms with E-state index in [1.807, 2.05) is 42.5 Å². The summed E-state index contributed by atoms with van der Waals surface area (Å²) in [6.07, 6.45) is 1.81. The number of amides is 2. The molecule has 29 heavy (non-hydrogen) atoms. The minimum atomic E-state index is -0.225. The number of carbonyl (C=O) groups is 2. The number of rotatable bonds is 6. The van der Waals surface area contributed by atoms with Crippen molar-refractivity contribution < 1.29 is 9.59 Å². The van der Waals surface area contributed by atoms with E-state index < -0.39 is 0 Å². The molecule has 0 bridgehead atoms. The van der Waals surface area contributed by atoms with Crippen molar-refractivity contribution in [3.8, 4) is 5.69 Å². The van der Waals surface area contributed by atoms with E-state index in [2.05, 4.69) is 10.4 Å². The fourth-order valence-corrected chi connectivity index (χ4v) is 3.17. The van der Waals surface area contributed by atoms with Crippen LogP contribution in [-0.2, 0) is 11.3 Å². The van der Waals surface area contributed by atoms with Gasteiger partial charge in [0.15, 0.2) is 5.69 Å². The molecule has 0 radical (unpaired) electrons. The van der Waals surface area contributed by atoms with Crippen LogP contribution in [0.4, 0.5) is 5.82 Å². The van der Waals surface area contributed by atoms with E-state index in [-0.39, 0.29) is 23.4 Å². The van der Waals surface area contributed by atoms with E-state index in [1.165, 1.54) is 0 Å². The van der Waals surface area contributed by atoms with Crippen molar-refractivity contribution in [2.24, 2.45) is 5.92 Å². The minimum Gasteiger partial charge on any atom is -0.336 e. The highest BCUT2D eigenvalue weighted by atomic mass is 35.5. The molecule has 1 aliphatic carbocycles. The molecule has 6 nitrogen and oxygen atoms in total. The third-order valence-electron chi connectivity index (χ3n) is 4.81. The predicted octanol–water partition coefficient (Wildman–Crippen LogP) is 4.15. The SMILES string of the molecule is CN(Cc1ccc(Cl)cc1)C(=O)c1cc(NC(=O)C2CC2)n(-c2ccccc2)n1. The molecule has 3 aromatic rings. The molecule has 0 saturated heterocycles. The molecule has 148 valence electrons. The van der Waals surface area contributed by atoms with Crippen LogP contribution in [0.15, 0.2) is 60.7 Å². The predicted molar refractivity (Wildman–Crippen MR) is 112 cm³/mol. The first-order chi connectivity index (χ1) is 14.0. The van der Waals surface area contributed by atoms with Gasteiger partial charge in [0.25, 0.3) is 5.91 Å². The molecule has 7 heteroatoms. The lowest BCUT2D eigenvalue weighted by atomic mass is 10.2. The maximum absolute atomic E-state index is 13.0. The second kappa shape index (κ2) is 8.09. The van der Waals surface area contributed by atoms with Crippen LogP contribution < -0.4 is 5.32 Å². The fourth-order valence-electron chi connectivity index (χ4n) is 3.05. The summed E-state index contributed by atoms with van der Waals surface area (Å²) in [6, 6.07) is 18.4. The molecule has 0 spiro atoms. The van der Waals surface area contributed by atoms with E-state index in [1.54, 1.807) is 34.8 Å². The van der Waals surface area contributed by atoms with Crippen molar-refractivity contribution in [3.05, 3.63) is 76.9 Å². The van der Waals surface area contributed by atoms with Crippen molar-refractivity contribution in [3.63, 3.8) is 0 Å². The second-order valence-corrected chi connectivity index (χ2v) is 7.65. The normalized spacial score (nSPS) is 13.2. The highest BCUT2D eigenvalue weighted by Gasteiger charge is 2.31. The molecule has 1 saturated carbocycles. The summed E-state index contributed by atoms with van der Waals surface area (Å²) in [5, 5.41) is 8.05. The zero-order valence-electron chi connectivity index (χ0n) is 16.0. The average Bonchev–Trinajstić information content (AvgIpc) is 3.51. The Morgan fingerprint density at radius 1 is 1.14 bits per heavy atom. The average molecular weight is 409 g/mol. The van der Waals surface area contributed by atoms with Gasteiger partial charge < -0.3 is 10.2 Å². The standard InChI is InChI=1S/C22H21ClN4O2/c1-26(14-15-7-11-17(23)12-8-15)22(29)19-13-20(24-21(28)16-9-10-16)27(25-19)18-5-3-2-4-6-18/h2-8,11-13,16H,9-10,14H2,1H3,(H,24,28). The van der Waals surface area contributed by atoms with Crippen LogP contribution in [0.25, 0.3) is 5.69 Å². The van der Waals surface area contributed by atoms with Crippen LogP contribution in [-0.4, -0.2) is 33.5 Å². The van der Waals surface area contributed by atoms with Crippen LogP contribution >= 0.6 is 11.6 Å². The summed E-state index contributed by atoms with van der Waals surface area (Å²) in [5.74, 6) is 0.296. The van der Waals surface area contributed by atoms with Crippen molar-refractivity contribution in [1.82, 2.24) is 14.7 Å². The number of aromatic nitrogens is 2. The first kappa shape index (κ1) is 19.2. The third kappa shape index (κ3) is 4.49. The van der Waals surface area contributed by atoms with E-state index in [9.17, 15) is 9.59 Å². The van der Waals surface area contributed by atoms with E-state index in [0.717, 1.165) is 24.1 Å². The molecule has 1 heterocycles. The topological polar surface area (TPSA) is 67.2 Å². The van der Waals surface area contributed by atoms with Crippen molar-refractivity contribution in [2.45, 2.75) is 19.4 Å². The quantitative estimate of drug-likeness (QED) is 0.666. The zero-order chi connectivity index (χ0) is 20.4. The Morgan fingerprint density at radius 3 is 2.48 bits per heavy atom. The van der Waals surface area contributed by atoms with Gasteiger partial charge in [0.05, 0.1) is 5.69 Å².